The van der Waals surface area contributed by atoms with E-state index in [-0.39, 0.29) is 30.5 Å². The molecule has 1 aliphatic heterocycles. The number of rotatable bonds is 12. The third kappa shape index (κ3) is 9.72. The summed E-state index contributed by atoms with van der Waals surface area (Å²) < 4.78 is 4.82. The van der Waals surface area contributed by atoms with E-state index in [1.54, 1.807) is 12.1 Å². The largest absolute Gasteiger partial charge is 0.464 e. The quantitative estimate of drug-likeness (QED) is 0.214. The van der Waals surface area contributed by atoms with E-state index in [1.165, 1.54) is 7.11 Å². The number of nitrogens with zero attached hydrogens (tertiary/aromatic N) is 3. The molecule has 49 heavy (non-hydrogen) atoms. The third-order valence-electron chi connectivity index (χ3n) is 9.16. The molecule has 0 saturated carbocycles. The third-order valence-corrected chi connectivity index (χ3v) is 9.16. The molecule has 0 unspecified atom stereocenters. The number of carbonyl (C=O) groups excluding carboxylic acids is 3. The van der Waals surface area contributed by atoms with Crippen LogP contribution in [0.25, 0.3) is 0 Å². The Balaban J connectivity index is 1.29. The number of aliphatic hydroxyl groups is 2. The number of aliphatic hydroxyl groups excluding tert-OH is 2. The zero-order valence-corrected chi connectivity index (χ0v) is 28.8. The topological polar surface area (TPSA) is 144 Å². The van der Waals surface area contributed by atoms with Crippen LogP contribution in [0.3, 0.4) is 0 Å². The summed E-state index contributed by atoms with van der Waals surface area (Å²) in [6, 6.07) is 21.6. The number of carbonyl (C=O) groups is 3. The lowest BCUT2D eigenvalue weighted by Gasteiger charge is -2.42. The van der Waals surface area contributed by atoms with Crippen molar-refractivity contribution in [3.05, 3.63) is 101 Å². The van der Waals surface area contributed by atoms with Crippen LogP contribution < -0.4 is 10.6 Å². The first-order chi connectivity index (χ1) is 23.4. The Morgan fingerprint density at radius 1 is 1.00 bits per heavy atom. The highest BCUT2D eigenvalue weighted by Gasteiger charge is 2.37. The van der Waals surface area contributed by atoms with Gasteiger partial charge in [-0.25, -0.2) is 9.78 Å². The van der Waals surface area contributed by atoms with Gasteiger partial charge in [0.1, 0.15) is 11.7 Å². The average molecular weight is 672 g/mol. The van der Waals surface area contributed by atoms with Crippen LogP contribution in [0.1, 0.15) is 66.1 Å². The molecule has 1 aromatic heterocycles. The second kappa shape index (κ2) is 16.0. The summed E-state index contributed by atoms with van der Waals surface area (Å²) in [7, 11) is 1.32. The van der Waals surface area contributed by atoms with Crippen molar-refractivity contribution in [2.75, 3.05) is 33.3 Å². The predicted octanol–water partition coefficient (Wildman–Crippen LogP) is 2.65. The van der Waals surface area contributed by atoms with E-state index in [0.717, 1.165) is 16.7 Å². The molecule has 0 radical (unpaired) electrons. The molecule has 0 spiro atoms. The molecule has 2 aliphatic rings. The fourth-order valence-corrected chi connectivity index (χ4v) is 6.83. The highest BCUT2D eigenvalue weighted by atomic mass is 16.5. The Morgan fingerprint density at radius 2 is 1.73 bits per heavy atom. The molecule has 1 aliphatic carbocycles. The molecule has 262 valence electrons. The molecule has 2 aromatic carbocycles. The van der Waals surface area contributed by atoms with Crippen molar-refractivity contribution in [2.45, 2.75) is 76.4 Å². The standard InChI is InChI=1S/C38H49N5O6/c1-38(2,3)41-36(47)32-24-42(22-28-14-10-16-31(39-28)37(48)49-4)17-18-43(32)23-29(44)20-27(19-25-11-6-5-7-12-25)35(46)40-34-30-15-9-8-13-26(30)21-33(34)45/h5-16,27,29,32-34,44-45H,17-24H2,1-4H3,(H,40,46)(H,41,47)/t27-,29+,32+,33-,34+/m1/s1. The number of hydrogen-bond acceptors (Lipinski definition) is 9. The lowest BCUT2D eigenvalue weighted by molar-refractivity contribution is -0.132. The van der Waals surface area contributed by atoms with Crippen molar-refractivity contribution in [2.24, 2.45) is 5.92 Å². The van der Waals surface area contributed by atoms with Crippen molar-refractivity contribution in [1.82, 2.24) is 25.4 Å². The van der Waals surface area contributed by atoms with Gasteiger partial charge < -0.3 is 25.6 Å². The van der Waals surface area contributed by atoms with Crippen molar-refractivity contribution in [3.63, 3.8) is 0 Å². The summed E-state index contributed by atoms with van der Waals surface area (Å²) in [5.41, 5.74) is 3.37. The molecule has 2 heterocycles. The predicted molar refractivity (Wildman–Crippen MR) is 185 cm³/mol. The molecule has 3 aromatic rings. The Morgan fingerprint density at radius 3 is 2.47 bits per heavy atom. The molecule has 4 N–H and O–H groups in total. The van der Waals surface area contributed by atoms with Gasteiger partial charge in [0.15, 0.2) is 0 Å². The van der Waals surface area contributed by atoms with E-state index >= 15 is 0 Å². The molecule has 1 fully saturated rings. The molecular formula is C38H49N5O6. The van der Waals surface area contributed by atoms with Crippen molar-refractivity contribution >= 4 is 17.8 Å². The molecule has 0 bridgehead atoms. The van der Waals surface area contributed by atoms with E-state index < -0.39 is 41.7 Å². The highest BCUT2D eigenvalue weighted by molar-refractivity contribution is 5.87. The van der Waals surface area contributed by atoms with Gasteiger partial charge in [-0.1, -0.05) is 60.7 Å². The van der Waals surface area contributed by atoms with Gasteiger partial charge in [0, 0.05) is 50.6 Å². The fourth-order valence-electron chi connectivity index (χ4n) is 6.83. The van der Waals surface area contributed by atoms with E-state index in [0.29, 0.717) is 44.7 Å². The lowest BCUT2D eigenvalue weighted by Crippen LogP contribution is -2.62. The van der Waals surface area contributed by atoms with Crippen LogP contribution in [-0.4, -0.2) is 99.9 Å². The van der Waals surface area contributed by atoms with Gasteiger partial charge in [-0.05, 0) is 62.4 Å². The first kappa shape index (κ1) is 36.1. The molecule has 5 atom stereocenters. The van der Waals surface area contributed by atoms with Crippen LogP contribution in [0.5, 0.6) is 0 Å². The molecular weight excluding hydrogens is 622 g/mol. The maximum Gasteiger partial charge on any atom is 0.356 e. The molecule has 1 saturated heterocycles. The molecule has 11 nitrogen and oxygen atoms in total. The SMILES string of the molecule is COC(=O)c1cccc(CN2CCN(C[C@@H](O)C[C@@H](Cc3ccccc3)C(=O)N[C@H]3c4ccccc4C[C@H]3O)[C@H](C(=O)NC(C)(C)C)C2)n1. The van der Waals surface area contributed by atoms with Gasteiger partial charge >= 0.3 is 5.97 Å². The number of nitrogens with one attached hydrogen (secondary N) is 2. The second-order valence-corrected chi connectivity index (χ2v) is 14.2. The van der Waals surface area contributed by atoms with Crippen molar-refractivity contribution < 1.29 is 29.3 Å². The van der Waals surface area contributed by atoms with Gasteiger partial charge in [-0.2, -0.15) is 0 Å². The van der Waals surface area contributed by atoms with Gasteiger partial charge in [-0.3, -0.25) is 19.4 Å². The van der Waals surface area contributed by atoms with Crippen LogP contribution in [0.15, 0.2) is 72.8 Å². The van der Waals surface area contributed by atoms with Gasteiger partial charge in [-0.15, -0.1) is 0 Å². The average Bonchev–Trinajstić information content (AvgIpc) is 3.38. The number of β-amino-alcohol motifs (C(OH)–C–C–N with tert-alkyl or cyclic N) is 1. The first-order valence-electron chi connectivity index (χ1n) is 17.0. The minimum absolute atomic E-state index is 0.145. The lowest BCUT2D eigenvalue weighted by atomic mass is 9.91. The second-order valence-electron chi connectivity index (χ2n) is 14.2. The summed E-state index contributed by atoms with van der Waals surface area (Å²) in [6.45, 7) is 7.96. The van der Waals surface area contributed by atoms with Crippen molar-refractivity contribution in [3.8, 4) is 0 Å². The summed E-state index contributed by atoms with van der Waals surface area (Å²) in [5.74, 6) is -1.44. The van der Waals surface area contributed by atoms with E-state index in [4.69, 9.17) is 4.74 Å². The number of aromatic nitrogens is 1. The van der Waals surface area contributed by atoms with Gasteiger partial charge in [0.25, 0.3) is 0 Å². The monoisotopic (exact) mass is 671 g/mol. The van der Waals surface area contributed by atoms with E-state index in [1.807, 2.05) is 86.3 Å². The zero-order chi connectivity index (χ0) is 35.1. The number of pyridine rings is 1. The number of piperazine rings is 1. The maximum absolute atomic E-state index is 13.9. The molecule has 2 amide bonds. The molecule has 11 heteroatoms. The summed E-state index contributed by atoms with van der Waals surface area (Å²) in [6.07, 6.45) is -0.531. The van der Waals surface area contributed by atoms with Crippen molar-refractivity contribution in [1.29, 1.82) is 0 Å². The number of benzene rings is 2. The number of fused-ring (bicyclic) bond motifs is 1. The summed E-state index contributed by atoms with van der Waals surface area (Å²) in [5, 5.41) is 28.5. The first-order valence-corrected chi connectivity index (χ1v) is 17.0. The number of methoxy groups -OCH3 is 1. The van der Waals surface area contributed by atoms with Crippen LogP contribution in [-0.2, 0) is 33.7 Å². The Kier molecular flexibility index (Phi) is 11.8. The van der Waals surface area contributed by atoms with E-state index in [9.17, 15) is 24.6 Å². The number of esters is 1. The summed E-state index contributed by atoms with van der Waals surface area (Å²) in [4.78, 5) is 48.1. The maximum atomic E-state index is 13.9. The molecule has 5 rings (SSSR count). The number of ether oxygens (including phenoxy) is 1. The summed E-state index contributed by atoms with van der Waals surface area (Å²) >= 11 is 0. The van der Waals surface area contributed by atoms with Crippen LogP contribution in [0.2, 0.25) is 0 Å². The van der Waals surface area contributed by atoms with Gasteiger partial charge in [0.05, 0.1) is 31.1 Å². The normalized spacial score (nSPS) is 21.0. The van der Waals surface area contributed by atoms with E-state index in [2.05, 4.69) is 20.5 Å². The van der Waals surface area contributed by atoms with Gasteiger partial charge in [0.2, 0.25) is 11.8 Å². The zero-order valence-electron chi connectivity index (χ0n) is 28.8. The van der Waals surface area contributed by atoms with Crippen LogP contribution in [0, 0.1) is 5.92 Å². The minimum Gasteiger partial charge on any atom is -0.464 e. The Labute approximate surface area is 288 Å². The highest BCUT2D eigenvalue weighted by Crippen LogP contribution is 2.32. The Bertz CT molecular complexity index is 1590. The minimum atomic E-state index is -0.893. The fraction of sp³-hybridized carbons (Fsp3) is 0.474. The number of hydrogen-bond donors (Lipinski definition) is 4. The Hall–Kier alpha value is -4.16. The van der Waals surface area contributed by atoms with Crippen LogP contribution in [0.4, 0.5) is 0 Å². The number of amides is 2. The smallest absolute Gasteiger partial charge is 0.356 e. The van der Waals surface area contributed by atoms with Crippen LogP contribution >= 0.6 is 0 Å².